The standard InChI is InChI=1S/C16H13BrN4O/c17-13-6-2-1-5-12(13)11-21-15(8-10-19-21)20-16(22)14-7-3-4-9-18-14/h1-10H,11H2,(H,20,22). The highest BCUT2D eigenvalue weighted by molar-refractivity contribution is 9.10. The van der Waals surface area contributed by atoms with Gasteiger partial charge in [0.05, 0.1) is 12.7 Å². The summed E-state index contributed by atoms with van der Waals surface area (Å²) in [5.74, 6) is 0.376. The first-order valence-corrected chi connectivity index (χ1v) is 7.51. The number of hydrogen-bond acceptors (Lipinski definition) is 3. The molecule has 0 atom stereocenters. The van der Waals surface area contributed by atoms with Crippen LogP contribution in [0.5, 0.6) is 0 Å². The minimum Gasteiger partial charge on any atom is -0.305 e. The molecule has 3 rings (SSSR count). The molecule has 0 unspecified atom stereocenters. The molecule has 0 radical (unpaired) electrons. The Morgan fingerprint density at radius 3 is 2.68 bits per heavy atom. The van der Waals surface area contributed by atoms with Gasteiger partial charge in [-0.15, -0.1) is 0 Å². The lowest BCUT2D eigenvalue weighted by Crippen LogP contribution is -2.17. The first kappa shape index (κ1) is 14.5. The van der Waals surface area contributed by atoms with E-state index in [-0.39, 0.29) is 5.91 Å². The minimum atomic E-state index is -0.255. The Bertz CT molecular complexity index is 786. The lowest BCUT2D eigenvalue weighted by molar-refractivity contribution is 0.102. The fourth-order valence-corrected chi connectivity index (χ4v) is 2.44. The van der Waals surface area contributed by atoms with E-state index >= 15 is 0 Å². The van der Waals surface area contributed by atoms with Crippen LogP contribution < -0.4 is 5.32 Å². The second kappa shape index (κ2) is 6.53. The van der Waals surface area contributed by atoms with Crippen molar-refractivity contribution in [1.82, 2.24) is 14.8 Å². The van der Waals surface area contributed by atoms with Gasteiger partial charge < -0.3 is 5.32 Å². The summed E-state index contributed by atoms with van der Waals surface area (Å²) in [6.45, 7) is 0.562. The van der Waals surface area contributed by atoms with Gasteiger partial charge in [-0.05, 0) is 23.8 Å². The maximum atomic E-state index is 12.2. The summed E-state index contributed by atoms with van der Waals surface area (Å²) in [6.07, 6.45) is 3.25. The van der Waals surface area contributed by atoms with Crippen LogP contribution in [0.4, 0.5) is 5.82 Å². The van der Waals surface area contributed by atoms with Crippen molar-refractivity contribution in [3.05, 3.63) is 76.7 Å². The Balaban J connectivity index is 1.78. The summed E-state index contributed by atoms with van der Waals surface area (Å²) < 4.78 is 2.74. The molecule has 22 heavy (non-hydrogen) atoms. The van der Waals surface area contributed by atoms with Gasteiger partial charge in [-0.25, -0.2) is 4.68 Å². The van der Waals surface area contributed by atoms with Gasteiger partial charge in [-0.1, -0.05) is 40.2 Å². The van der Waals surface area contributed by atoms with E-state index in [1.165, 1.54) is 0 Å². The lowest BCUT2D eigenvalue weighted by atomic mass is 10.2. The van der Waals surface area contributed by atoms with Crippen molar-refractivity contribution < 1.29 is 4.79 Å². The van der Waals surface area contributed by atoms with E-state index in [4.69, 9.17) is 0 Å². The number of nitrogens with one attached hydrogen (secondary N) is 1. The number of rotatable bonds is 4. The molecule has 6 heteroatoms. The number of benzene rings is 1. The Morgan fingerprint density at radius 1 is 1.09 bits per heavy atom. The predicted octanol–water partition coefficient (Wildman–Crippen LogP) is 3.34. The third-order valence-electron chi connectivity index (χ3n) is 3.13. The molecule has 0 aliphatic heterocycles. The Hall–Kier alpha value is -2.47. The molecule has 1 aromatic carbocycles. The van der Waals surface area contributed by atoms with Crippen LogP contribution in [0.3, 0.4) is 0 Å². The Morgan fingerprint density at radius 2 is 1.91 bits per heavy atom. The SMILES string of the molecule is O=C(Nc1ccnn1Cc1ccccc1Br)c1ccccn1. The summed E-state index contributed by atoms with van der Waals surface area (Å²) in [7, 11) is 0. The van der Waals surface area contributed by atoms with Gasteiger partial charge in [0.15, 0.2) is 0 Å². The zero-order chi connectivity index (χ0) is 15.4. The Kier molecular flexibility index (Phi) is 4.29. The van der Waals surface area contributed by atoms with Crippen molar-refractivity contribution in [3.63, 3.8) is 0 Å². The van der Waals surface area contributed by atoms with Gasteiger partial charge in [0.2, 0.25) is 0 Å². The quantitative estimate of drug-likeness (QED) is 0.779. The van der Waals surface area contributed by atoms with E-state index < -0.39 is 0 Å². The van der Waals surface area contributed by atoms with Gasteiger partial charge in [-0.3, -0.25) is 9.78 Å². The number of nitrogens with zero attached hydrogens (tertiary/aromatic N) is 3. The predicted molar refractivity (Wildman–Crippen MR) is 87.7 cm³/mol. The third-order valence-corrected chi connectivity index (χ3v) is 3.91. The highest BCUT2D eigenvalue weighted by Gasteiger charge is 2.11. The van der Waals surface area contributed by atoms with E-state index in [2.05, 4.69) is 31.3 Å². The van der Waals surface area contributed by atoms with Gasteiger partial charge in [0, 0.05) is 16.7 Å². The van der Waals surface area contributed by atoms with Gasteiger partial charge >= 0.3 is 0 Å². The number of halogens is 1. The van der Waals surface area contributed by atoms with Crippen LogP contribution in [-0.4, -0.2) is 20.7 Å². The fourth-order valence-electron chi connectivity index (χ4n) is 2.03. The van der Waals surface area contributed by atoms with Crippen LogP contribution >= 0.6 is 15.9 Å². The van der Waals surface area contributed by atoms with Gasteiger partial charge in [0.25, 0.3) is 5.91 Å². The lowest BCUT2D eigenvalue weighted by Gasteiger charge is -2.10. The van der Waals surface area contributed by atoms with Crippen molar-refractivity contribution >= 4 is 27.7 Å². The molecule has 3 aromatic rings. The van der Waals surface area contributed by atoms with E-state index in [9.17, 15) is 4.79 Å². The largest absolute Gasteiger partial charge is 0.305 e. The zero-order valence-electron chi connectivity index (χ0n) is 11.6. The van der Waals surface area contributed by atoms with Gasteiger partial charge in [-0.2, -0.15) is 5.10 Å². The van der Waals surface area contributed by atoms with E-state index in [1.807, 2.05) is 24.3 Å². The molecule has 0 bridgehead atoms. The van der Waals surface area contributed by atoms with Gasteiger partial charge in [0.1, 0.15) is 11.5 Å². The number of amides is 1. The molecule has 5 nitrogen and oxygen atoms in total. The molecular formula is C16H13BrN4O. The molecule has 0 fully saturated rings. The maximum absolute atomic E-state index is 12.2. The van der Waals surface area contributed by atoms with Crippen LogP contribution in [-0.2, 0) is 6.54 Å². The van der Waals surface area contributed by atoms with E-state index in [1.54, 1.807) is 41.3 Å². The van der Waals surface area contributed by atoms with Crippen LogP contribution in [0, 0.1) is 0 Å². The summed E-state index contributed by atoms with van der Waals surface area (Å²) in [6, 6.07) is 14.9. The van der Waals surface area contributed by atoms with Crippen molar-refractivity contribution in [2.75, 3.05) is 5.32 Å². The summed E-state index contributed by atoms with van der Waals surface area (Å²) in [5.41, 5.74) is 1.45. The average molecular weight is 357 g/mol. The van der Waals surface area contributed by atoms with E-state index in [0.717, 1.165) is 10.0 Å². The number of anilines is 1. The molecule has 2 aromatic heterocycles. The highest BCUT2D eigenvalue weighted by Crippen LogP contribution is 2.19. The van der Waals surface area contributed by atoms with Crippen LogP contribution in [0.1, 0.15) is 16.1 Å². The molecule has 0 aliphatic carbocycles. The first-order chi connectivity index (χ1) is 10.7. The zero-order valence-corrected chi connectivity index (χ0v) is 13.2. The number of pyridine rings is 1. The van der Waals surface area contributed by atoms with Crippen molar-refractivity contribution in [2.24, 2.45) is 0 Å². The molecule has 2 heterocycles. The highest BCUT2D eigenvalue weighted by atomic mass is 79.9. The molecule has 0 saturated carbocycles. The number of aromatic nitrogens is 3. The summed E-state index contributed by atoms with van der Waals surface area (Å²) in [5, 5.41) is 7.09. The maximum Gasteiger partial charge on any atom is 0.275 e. The normalized spacial score (nSPS) is 10.4. The second-order valence-corrected chi connectivity index (χ2v) is 5.49. The van der Waals surface area contributed by atoms with Crippen LogP contribution in [0.2, 0.25) is 0 Å². The smallest absolute Gasteiger partial charge is 0.275 e. The molecule has 1 N–H and O–H groups in total. The summed E-state index contributed by atoms with van der Waals surface area (Å²) in [4.78, 5) is 16.2. The number of carbonyl (C=O) groups is 1. The topological polar surface area (TPSA) is 59.8 Å². The van der Waals surface area contributed by atoms with E-state index in [0.29, 0.717) is 18.1 Å². The minimum absolute atomic E-state index is 0.255. The van der Waals surface area contributed by atoms with Crippen molar-refractivity contribution in [1.29, 1.82) is 0 Å². The van der Waals surface area contributed by atoms with Crippen LogP contribution in [0.25, 0.3) is 0 Å². The number of hydrogen-bond donors (Lipinski definition) is 1. The monoisotopic (exact) mass is 356 g/mol. The van der Waals surface area contributed by atoms with Crippen molar-refractivity contribution in [2.45, 2.75) is 6.54 Å². The number of carbonyl (C=O) groups excluding carboxylic acids is 1. The van der Waals surface area contributed by atoms with Crippen molar-refractivity contribution in [3.8, 4) is 0 Å². The van der Waals surface area contributed by atoms with Crippen LogP contribution in [0.15, 0.2) is 65.4 Å². The average Bonchev–Trinajstić information content (AvgIpc) is 2.97. The summed E-state index contributed by atoms with van der Waals surface area (Å²) >= 11 is 3.52. The first-order valence-electron chi connectivity index (χ1n) is 6.71. The Labute approximate surface area is 136 Å². The fraction of sp³-hybridized carbons (Fsp3) is 0.0625. The molecule has 0 aliphatic rings. The molecule has 0 saturated heterocycles. The third kappa shape index (κ3) is 3.23. The second-order valence-electron chi connectivity index (χ2n) is 4.63. The molecular weight excluding hydrogens is 344 g/mol. The molecule has 0 spiro atoms. The molecule has 1 amide bonds. The molecule has 110 valence electrons.